The van der Waals surface area contributed by atoms with E-state index in [0.717, 1.165) is 18.2 Å². The molecule has 0 aliphatic rings. The molecule has 0 aliphatic carbocycles. The number of phenols is 1. The van der Waals surface area contributed by atoms with Crippen LogP contribution in [0.15, 0.2) is 18.2 Å². The van der Waals surface area contributed by atoms with Gasteiger partial charge < -0.3 is 9.84 Å². The Kier molecular flexibility index (Phi) is 5.93. The molecule has 0 heterocycles. The summed E-state index contributed by atoms with van der Waals surface area (Å²) < 4.78 is 112. The molecule has 1 aromatic rings. The number of carbonyl (C=O) groups is 1. The highest BCUT2D eigenvalue weighted by atomic mass is 32.2. The zero-order chi connectivity index (χ0) is 20.6. The lowest BCUT2D eigenvalue weighted by atomic mass is 9.96. The summed E-state index contributed by atoms with van der Waals surface area (Å²) in [4.78, 5) is 11.8. The molecule has 0 bridgehead atoms. The second-order valence-electron chi connectivity index (χ2n) is 5.14. The molecule has 0 radical (unpaired) electrons. The van der Waals surface area contributed by atoms with E-state index in [-0.39, 0.29) is 0 Å². The number of aromatic hydroxyl groups is 1. The van der Waals surface area contributed by atoms with Crippen LogP contribution in [0.1, 0.15) is 15.9 Å². The van der Waals surface area contributed by atoms with Gasteiger partial charge in [0.15, 0.2) is 0 Å². The normalized spacial score (nSPS) is 13.5. The molecule has 0 unspecified atom stereocenters. The van der Waals surface area contributed by atoms with Gasteiger partial charge in [-0.1, -0.05) is 17.9 Å². The van der Waals surface area contributed by atoms with Crippen LogP contribution in [0, 0.1) is 0 Å². The number of hydrogen-bond acceptors (Lipinski definition) is 5. The van der Waals surface area contributed by atoms with Crippen LogP contribution in [-0.4, -0.2) is 55.6 Å². The Morgan fingerprint density at radius 3 is 1.96 bits per heavy atom. The Bertz CT molecular complexity index is 774. The molecule has 0 amide bonds. The van der Waals surface area contributed by atoms with Gasteiger partial charge in [0.05, 0.1) is 0 Å². The molecule has 2 N–H and O–H groups in total. The summed E-state index contributed by atoms with van der Waals surface area (Å²) in [5.74, 6) is -6.23. The lowest BCUT2D eigenvalue weighted by molar-refractivity contribution is -0.356. The monoisotopic (exact) mass is 408 g/mol. The molecule has 6 nitrogen and oxygen atoms in total. The van der Waals surface area contributed by atoms with Gasteiger partial charge in [-0.15, -0.1) is 0 Å². The van der Waals surface area contributed by atoms with Crippen LogP contribution in [0.25, 0.3) is 0 Å². The maximum absolute atomic E-state index is 13.1. The molecule has 0 saturated carbocycles. The van der Waals surface area contributed by atoms with E-state index >= 15 is 0 Å². The van der Waals surface area contributed by atoms with Gasteiger partial charge in [-0.05, 0) is 12.1 Å². The zero-order valence-electron chi connectivity index (χ0n) is 12.8. The predicted octanol–water partition coefficient (Wildman–Crippen LogP) is 1.43. The number of rotatable bonds is 5. The standard InChI is InChI=1S/C12H11BF6O6S/c13-4-6-1-2-7(8(20)3-6)9(21)25-10(11(14,15)16,12(17,18)19)5-26(22,23)24/h1-3,20H,4-5,13H2,(H,22,23,24). The summed E-state index contributed by atoms with van der Waals surface area (Å²) in [6, 6.07) is 2.78. The fraction of sp³-hybridized carbons (Fsp3) is 0.417. The number of ether oxygens (including phenoxy) is 1. The van der Waals surface area contributed by atoms with Crippen LogP contribution in [0.4, 0.5) is 26.3 Å². The van der Waals surface area contributed by atoms with E-state index in [9.17, 15) is 44.7 Å². The van der Waals surface area contributed by atoms with Crippen molar-refractivity contribution in [1.82, 2.24) is 0 Å². The fourth-order valence-electron chi connectivity index (χ4n) is 1.91. The van der Waals surface area contributed by atoms with Crippen LogP contribution in [0.5, 0.6) is 5.75 Å². The van der Waals surface area contributed by atoms with Crippen molar-refractivity contribution in [3.05, 3.63) is 29.3 Å². The molecule has 0 atom stereocenters. The van der Waals surface area contributed by atoms with E-state index in [2.05, 4.69) is 4.74 Å². The van der Waals surface area contributed by atoms with Gasteiger partial charge in [0, 0.05) is 0 Å². The van der Waals surface area contributed by atoms with Gasteiger partial charge in [0.1, 0.15) is 24.9 Å². The third kappa shape index (κ3) is 4.61. The number of carbonyl (C=O) groups excluding carboxylic acids is 1. The maximum Gasteiger partial charge on any atom is 0.438 e. The summed E-state index contributed by atoms with van der Waals surface area (Å²) in [6.07, 6.45) is -12.5. The number of benzene rings is 1. The highest BCUT2D eigenvalue weighted by molar-refractivity contribution is 7.85. The average Bonchev–Trinajstić information content (AvgIpc) is 2.42. The van der Waals surface area contributed by atoms with Gasteiger partial charge in [0.2, 0.25) is 0 Å². The van der Waals surface area contributed by atoms with E-state index in [1.54, 1.807) is 7.85 Å². The fourth-order valence-corrected chi connectivity index (χ4v) is 2.81. The Morgan fingerprint density at radius 2 is 1.62 bits per heavy atom. The molecule has 0 aromatic heterocycles. The van der Waals surface area contributed by atoms with E-state index in [4.69, 9.17) is 4.55 Å². The largest absolute Gasteiger partial charge is 0.507 e. The Labute approximate surface area is 143 Å². The van der Waals surface area contributed by atoms with Crippen molar-refractivity contribution in [2.45, 2.75) is 24.3 Å². The van der Waals surface area contributed by atoms with Crippen LogP contribution in [-0.2, 0) is 21.2 Å². The van der Waals surface area contributed by atoms with Crippen LogP contribution >= 0.6 is 0 Å². The first-order valence-electron chi connectivity index (χ1n) is 6.68. The minimum Gasteiger partial charge on any atom is -0.507 e. The van der Waals surface area contributed by atoms with Crippen molar-refractivity contribution in [1.29, 1.82) is 0 Å². The predicted molar refractivity (Wildman–Crippen MR) is 77.0 cm³/mol. The molecule has 0 aliphatic heterocycles. The molecule has 1 aromatic carbocycles. The number of phenolic OH excluding ortho intramolecular Hbond substituents is 1. The Morgan fingerprint density at radius 1 is 1.12 bits per heavy atom. The SMILES string of the molecule is BCc1ccc(C(=O)OC(CS(=O)(=O)O)(C(F)(F)F)C(F)(F)F)c(O)c1. The van der Waals surface area contributed by atoms with Crippen molar-refractivity contribution >= 4 is 23.9 Å². The molecule has 26 heavy (non-hydrogen) atoms. The van der Waals surface area contributed by atoms with E-state index in [0.29, 0.717) is 11.9 Å². The lowest BCUT2D eigenvalue weighted by Crippen LogP contribution is -2.63. The topological polar surface area (TPSA) is 101 Å². The first-order valence-corrected chi connectivity index (χ1v) is 8.29. The first-order chi connectivity index (χ1) is 11.5. The highest BCUT2D eigenvalue weighted by Crippen LogP contribution is 2.47. The molecule has 1 rings (SSSR count). The molecule has 14 heteroatoms. The van der Waals surface area contributed by atoms with Gasteiger partial charge in [0.25, 0.3) is 10.1 Å². The summed E-state index contributed by atoms with van der Waals surface area (Å²) in [5.41, 5.74) is -6.16. The molecule has 0 fully saturated rings. The molecule has 0 saturated heterocycles. The number of esters is 1. The van der Waals surface area contributed by atoms with Gasteiger partial charge in [-0.25, -0.2) is 4.79 Å². The van der Waals surface area contributed by atoms with Crippen molar-refractivity contribution in [3.63, 3.8) is 0 Å². The van der Waals surface area contributed by atoms with Crippen LogP contribution in [0.3, 0.4) is 0 Å². The van der Waals surface area contributed by atoms with Crippen molar-refractivity contribution < 1.29 is 54.0 Å². The van der Waals surface area contributed by atoms with Gasteiger partial charge in [-0.2, -0.15) is 34.8 Å². The zero-order valence-corrected chi connectivity index (χ0v) is 13.7. The number of hydrogen-bond donors (Lipinski definition) is 2. The smallest absolute Gasteiger partial charge is 0.438 e. The van der Waals surface area contributed by atoms with E-state index < -0.39 is 51.1 Å². The van der Waals surface area contributed by atoms with Gasteiger partial charge >= 0.3 is 23.9 Å². The Hall–Kier alpha value is -1.96. The first kappa shape index (κ1) is 22.1. The van der Waals surface area contributed by atoms with Crippen molar-refractivity contribution in [2.24, 2.45) is 0 Å². The summed E-state index contributed by atoms with van der Waals surface area (Å²) in [5, 5.41) is 9.60. The summed E-state index contributed by atoms with van der Waals surface area (Å²) in [7, 11) is -4.25. The average molecular weight is 408 g/mol. The maximum atomic E-state index is 13.1. The van der Waals surface area contributed by atoms with E-state index in [1.165, 1.54) is 0 Å². The second-order valence-corrected chi connectivity index (χ2v) is 6.60. The highest BCUT2D eigenvalue weighted by Gasteiger charge is 2.76. The second kappa shape index (κ2) is 6.98. The van der Waals surface area contributed by atoms with Crippen LogP contribution in [0.2, 0.25) is 0 Å². The third-order valence-electron chi connectivity index (χ3n) is 3.26. The number of halogens is 6. The molecule has 0 spiro atoms. The van der Waals surface area contributed by atoms with Gasteiger partial charge in [-0.3, -0.25) is 4.55 Å². The van der Waals surface area contributed by atoms with E-state index in [1.807, 2.05) is 0 Å². The molecule has 146 valence electrons. The minimum atomic E-state index is -6.43. The summed E-state index contributed by atoms with van der Waals surface area (Å²) in [6.45, 7) is 0. The molecular weight excluding hydrogens is 397 g/mol. The number of alkyl halides is 6. The van der Waals surface area contributed by atoms with Crippen molar-refractivity contribution in [3.8, 4) is 5.75 Å². The van der Waals surface area contributed by atoms with Crippen LogP contribution < -0.4 is 0 Å². The minimum absolute atomic E-state index is 0.334. The summed E-state index contributed by atoms with van der Waals surface area (Å²) >= 11 is 0. The third-order valence-corrected chi connectivity index (χ3v) is 4.03. The molecular formula is C12H11BF6O6S. The quantitative estimate of drug-likeness (QED) is 0.331. The van der Waals surface area contributed by atoms with Crippen molar-refractivity contribution in [2.75, 3.05) is 5.75 Å². The lowest BCUT2D eigenvalue weighted by Gasteiger charge is -2.35. The Balaban J connectivity index is 3.48.